The second-order valence-corrected chi connectivity index (χ2v) is 8.06. The minimum absolute atomic E-state index is 0.0715. The van der Waals surface area contributed by atoms with E-state index in [9.17, 15) is 14.4 Å². The van der Waals surface area contributed by atoms with E-state index >= 15 is 0 Å². The molecule has 1 aliphatic rings. The van der Waals surface area contributed by atoms with E-state index in [0.717, 1.165) is 11.3 Å². The van der Waals surface area contributed by atoms with Crippen LogP contribution in [0.25, 0.3) is 11.0 Å². The molecule has 0 saturated carbocycles. The van der Waals surface area contributed by atoms with E-state index < -0.39 is 5.25 Å². The Bertz CT molecular complexity index is 1180. The number of amides is 2. The van der Waals surface area contributed by atoms with Crippen LogP contribution in [0.2, 0.25) is 0 Å². The van der Waals surface area contributed by atoms with Gasteiger partial charge in [-0.2, -0.15) is 0 Å². The van der Waals surface area contributed by atoms with E-state index in [2.05, 4.69) is 20.3 Å². The van der Waals surface area contributed by atoms with Gasteiger partial charge in [-0.15, -0.1) is 0 Å². The highest BCUT2D eigenvalue weighted by Gasteiger charge is 2.30. The fourth-order valence-corrected chi connectivity index (χ4v) is 3.92. The lowest BCUT2D eigenvalue weighted by atomic mass is 10.2. The Kier molecular flexibility index (Phi) is 4.98. The Morgan fingerprint density at radius 2 is 1.86 bits per heavy atom. The summed E-state index contributed by atoms with van der Waals surface area (Å²) in [5, 5.41) is 2.86. The number of hydrogen-bond acceptors (Lipinski definition) is 5. The maximum absolute atomic E-state index is 12.6. The smallest absolute Gasteiger partial charge is 0.323 e. The maximum atomic E-state index is 12.6. The number of aromatic nitrogens is 2. The first-order valence-electron chi connectivity index (χ1n) is 9.04. The van der Waals surface area contributed by atoms with Crippen molar-refractivity contribution >= 4 is 51.2 Å². The van der Waals surface area contributed by atoms with Crippen LogP contribution in [-0.4, -0.2) is 38.7 Å². The highest BCUT2D eigenvalue weighted by Crippen LogP contribution is 2.27. The molecule has 4 rings (SSSR count). The molecule has 2 aromatic carbocycles. The summed E-state index contributed by atoms with van der Waals surface area (Å²) in [5.74, 6) is -0.344. The van der Waals surface area contributed by atoms with Gasteiger partial charge in [-0.25, -0.2) is 4.79 Å². The fourth-order valence-electron chi connectivity index (χ4n) is 2.99. The van der Waals surface area contributed by atoms with E-state index in [1.165, 1.54) is 11.8 Å². The molecule has 29 heavy (non-hydrogen) atoms. The highest BCUT2D eigenvalue weighted by atomic mass is 32.2. The van der Waals surface area contributed by atoms with Crippen LogP contribution in [0, 0.1) is 6.92 Å². The molecule has 9 heteroatoms. The second-order valence-electron chi connectivity index (χ2n) is 6.75. The summed E-state index contributed by atoms with van der Waals surface area (Å²) in [6, 6.07) is 12.7. The molecule has 2 heterocycles. The molecule has 0 bridgehead atoms. The molecule has 3 N–H and O–H groups in total. The summed E-state index contributed by atoms with van der Waals surface area (Å²) < 4.78 is 0. The van der Waals surface area contributed by atoms with Gasteiger partial charge in [0, 0.05) is 5.69 Å². The van der Waals surface area contributed by atoms with Crippen LogP contribution in [0.15, 0.2) is 52.3 Å². The second kappa shape index (κ2) is 7.59. The number of amidine groups is 1. The molecule has 0 spiro atoms. The Labute approximate surface area is 170 Å². The molecule has 1 aliphatic heterocycles. The van der Waals surface area contributed by atoms with Gasteiger partial charge in [0.25, 0.3) is 5.91 Å². The van der Waals surface area contributed by atoms with Crippen molar-refractivity contribution in [1.82, 2.24) is 9.97 Å². The molecule has 0 unspecified atom stereocenters. The van der Waals surface area contributed by atoms with Crippen LogP contribution < -0.4 is 15.9 Å². The number of carbonyl (C=O) groups is 2. The Hall–Kier alpha value is -3.33. The lowest BCUT2D eigenvalue weighted by Crippen LogP contribution is -2.33. The molecule has 0 aliphatic carbocycles. The maximum Gasteiger partial charge on any atom is 0.323 e. The van der Waals surface area contributed by atoms with Crippen LogP contribution in [0.4, 0.5) is 11.4 Å². The van der Waals surface area contributed by atoms with Gasteiger partial charge in [0.05, 0.1) is 22.0 Å². The number of rotatable bonds is 4. The Balaban J connectivity index is 1.46. The number of nitrogens with one attached hydrogen (secondary N) is 3. The van der Waals surface area contributed by atoms with Crippen molar-refractivity contribution in [2.24, 2.45) is 4.99 Å². The zero-order valence-corrected chi connectivity index (χ0v) is 16.7. The number of benzene rings is 2. The molecule has 1 atom stereocenters. The van der Waals surface area contributed by atoms with Crippen molar-refractivity contribution in [2.75, 3.05) is 16.8 Å². The van der Waals surface area contributed by atoms with E-state index in [0.29, 0.717) is 21.9 Å². The van der Waals surface area contributed by atoms with Gasteiger partial charge in [-0.1, -0.05) is 29.5 Å². The molecule has 148 valence electrons. The normalized spacial score (nSPS) is 14.9. The van der Waals surface area contributed by atoms with E-state index in [1.54, 1.807) is 30.0 Å². The fraction of sp³-hybridized carbons (Fsp3) is 0.200. The van der Waals surface area contributed by atoms with Crippen LogP contribution in [0.3, 0.4) is 0 Å². The number of hydrogen-bond donors (Lipinski definition) is 3. The van der Waals surface area contributed by atoms with Crippen molar-refractivity contribution in [2.45, 2.75) is 19.1 Å². The van der Waals surface area contributed by atoms with Crippen molar-refractivity contribution in [3.05, 3.63) is 58.5 Å². The standard InChI is InChI=1S/C20H19N5O3S/c1-11-3-6-14(7-4-11)25-17(26)10-21-20(25)29-12(2)18(27)22-13-5-8-15-16(9-13)24-19(28)23-15/h3-9,12H,10H2,1-2H3,(H,22,27)(H2,23,24,28)/t12-/m0/s1. The van der Waals surface area contributed by atoms with Gasteiger partial charge in [0.15, 0.2) is 5.17 Å². The number of aliphatic imine (C=N–C) groups is 1. The molecule has 3 aromatic rings. The van der Waals surface area contributed by atoms with E-state index in [1.807, 2.05) is 31.2 Å². The third-order valence-corrected chi connectivity index (χ3v) is 5.61. The molecule has 0 fully saturated rings. The average Bonchev–Trinajstić information content (AvgIpc) is 3.23. The minimum atomic E-state index is -0.478. The first-order chi connectivity index (χ1) is 13.9. The number of imidazole rings is 1. The number of anilines is 2. The number of aromatic amines is 2. The first kappa shape index (κ1) is 19.0. The predicted molar refractivity (Wildman–Crippen MR) is 116 cm³/mol. The van der Waals surface area contributed by atoms with Crippen molar-refractivity contribution < 1.29 is 9.59 Å². The number of carbonyl (C=O) groups excluding carboxylic acids is 2. The quantitative estimate of drug-likeness (QED) is 0.615. The molecule has 1 aromatic heterocycles. The highest BCUT2D eigenvalue weighted by molar-refractivity contribution is 8.15. The first-order valence-corrected chi connectivity index (χ1v) is 9.92. The minimum Gasteiger partial charge on any atom is -0.325 e. The lowest BCUT2D eigenvalue weighted by Gasteiger charge is -2.20. The predicted octanol–water partition coefficient (Wildman–Crippen LogP) is 2.63. The molecule has 0 saturated heterocycles. The summed E-state index contributed by atoms with van der Waals surface area (Å²) in [6.07, 6.45) is 0. The number of H-pyrrole nitrogens is 2. The molecule has 0 radical (unpaired) electrons. The molecule has 2 amide bonds. The van der Waals surface area contributed by atoms with Crippen molar-refractivity contribution in [1.29, 1.82) is 0 Å². The van der Waals surface area contributed by atoms with Crippen LogP contribution in [0.5, 0.6) is 0 Å². The summed E-state index contributed by atoms with van der Waals surface area (Å²) >= 11 is 1.23. The largest absolute Gasteiger partial charge is 0.325 e. The third-order valence-electron chi connectivity index (χ3n) is 4.52. The van der Waals surface area contributed by atoms with Gasteiger partial charge in [-0.3, -0.25) is 19.5 Å². The van der Waals surface area contributed by atoms with Crippen molar-refractivity contribution in [3.63, 3.8) is 0 Å². The number of aryl methyl sites for hydroxylation is 1. The molecular weight excluding hydrogens is 390 g/mol. The zero-order chi connectivity index (χ0) is 20.5. The van der Waals surface area contributed by atoms with Crippen LogP contribution >= 0.6 is 11.8 Å². The van der Waals surface area contributed by atoms with Crippen molar-refractivity contribution in [3.8, 4) is 0 Å². The van der Waals surface area contributed by atoms with Gasteiger partial charge >= 0.3 is 5.69 Å². The number of nitrogens with zero attached hydrogens (tertiary/aromatic N) is 2. The Morgan fingerprint density at radius 3 is 2.62 bits per heavy atom. The molecule has 8 nitrogen and oxygen atoms in total. The average molecular weight is 409 g/mol. The van der Waals surface area contributed by atoms with E-state index in [4.69, 9.17) is 0 Å². The number of fused-ring (bicyclic) bond motifs is 1. The zero-order valence-electron chi connectivity index (χ0n) is 15.9. The summed E-state index contributed by atoms with van der Waals surface area (Å²) in [7, 11) is 0. The van der Waals surface area contributed by atoms with Gasteiger partial charge in [-0.05, 0) is 44.2 Å². The summed E-state index contributed by atoms with van der Waals surface area (Å²) in [4.78, 5) is 47.5. The monoisotopic (exact) mass is 409 g/mol. The lowest BCUT2D eigenvalue weighted by molar-refractivity contribution is -0.116. The van der Waals surface area contributed by atoms with Crippen LogP contribution in [-0.2, 0) is 9.59 Å². The van der Waals surface area contributed by atoms with Crippen LogP contribution in [0.1, 0.15) is 12.5 Å². The van der Waals surface area contributed by atoms with E-state index in [-0.39, 0.29) is 24.0 Å². The third kappa shape index (κ3) is 3.95. The van der Waals surface area contributed by atoms with Gasteiger partial charge < -0.3 is 15.3 Å². The topological polar surface area (TPSA) is 110 Å². The molecular formula is C20H19N5O3S. The number of thioether (sulfide) groups is 1. The SMILES string of the molecule is Cc1ccc(N2C(=O)CN=C2S[C@@H](C)C(=O)Nc2ccc3[nH]c(=O)[nH]c3c2)cc1. The van der Waals surface area contributed by atoms with Gasteiger partial charge in [0.2, 0.25) is 5.91 Å². The summed E-state index contributed by atoms with van der Waals surface area (Å²) in [6.45, 7) is 3.81. The summed E-state index contributed by atoms with van der Waals surface area (Å²) in [5.41, 5.74) is 3.39. The van der Waals surface area contributed by atoms with Gasteiger partial charge in [0.1, 0.15) is 6.54 Å². The Morgan fingerprint density at radius 1 is 1.14 bits per heavy atom.